The van der Waals surface area contributed by atoms with E-state index in [0.29, 0.717) is 37.6 Å². The fourth-order valence-electron chi connectivity index (χ4n) is 7.67. The highest BCUT2D eigenvalue weighted by molar-refractivity contribution is 5.97. The van der Waals surface area contributed by atoms with Crippen molar-refractivity contribution in [3.05, 3.63) is 204 Å². The molecule has 0 radical (unpaired) electrons. The summed E-state index contributed by atoms with van der Waals surface area (Å²) in [4.78, 5) is 61.5. The van der Waals surface area contributed by atoms with Gasteiger partial charge < -0.3 is 33.2 Å². The third-order valence-corrected chi connectivity index (χ3v) is 11.8. The van der Waals surface area contributed by atoms with Crippen LogP contribution in [-0.4, -0.2) is 63.4 Å². The molecule has 12 heteroatoms. The number of ether oxygens (including phenoxy) is 7. The van der Waals surface area contributed by atoms with Crippen LogP contribution in [0.15, 0.2) is 165 Å². The molecule has 0 amide bonds. The molecule has 7 aromatic rings. The monoisotopic (exact) mass is 1020 g/mol. The Kier molecular flexibility index (Phi) is 20.2. The third-order valence-electron chi connectivity index (χ3n) is 11.8. The van der Waals surface area contributed by atoms with E-state index in [1.165, 1.54) is 37.5 Å². The number of rotatable bonds is 23. The van der Waals surface area contributed by atoms with Gasteiger partial charge in [-0.3, -0.25) is 0 Å². The molecular formula is C64H56O12. The Labute approximate surface area is 442 Å². The fraction of sp³-hybridized carbons (Fsp3) is 0.203. The smallest absolute Gasteiger partial charge is 0.343 e. The summed E-state index contributed by atoms with van der Waals surface area (Å²) in [6.07, 6.45) is 9.58. The Morgan fingerprint density at radius 1 is 0.408 bits per heavy atom. The van der Waals surface area contributed by atoms with E-state index in [1.54, 1.807) is 48.5 Å². The van der Waals surface area contributed by atoms with Gasteiger partial charge in [-0.15, -0.1) is 0 Å². The Balaban J connectivity index is 0.872. The molecule has 12 nitrogen and oxygen atoms in total. The summed E-state index contributed by atoms with van der Waals surface area (Å²) in [7, 11) is 1.19. The molecule has 0 aromatic heterocycles. The summed E-state index contributed by atoms with van der Waals surface area (Å²) in [6, 6.07) is 41.0. The Morgan fingerprint density at radius 2 is 0.803 bits per heavy atom. The molecule has 384 valence electrons. The molecular weight excluding hydrogens is 961 g/mol. The number of benzene rings is 7. The molecule has 7 aromatic carbocycles. The van der Waals surface area contributed by atoms with Crippen molar-refractivity contribution in [1.82, 2.24) is 0 Å². The number of unbranched alkanes of at least 4 members (excludes halogenated alkanes) is 6. The van der Waals surface area contributed by atoms with Gasteiger partial charge in [0.1, 0.15) is 28.6 Å². The maximum Gasteiger partial charge on any atom is 0.343 e. The van der Waals surface area contributed by atoms with Crippen molar-refractivity contribution in [3.63, 3.8) is 0 Å². The number of carbonyl (C=O) groups is 5. The van der Waals surface area contributed by atoms with Gasteiger partial charge in [0.2, 0.25) is 0 Å². The van der Waals surface area contributed by atoms with Crippen LogP contribution in [0.1, 0.15) is 105 Å². The summed E-state index contributed by atoms with van der Waals surface area (Å²) in [5.74, 6) is 11.2. The minimum absolute atomic E-state index is 0.0381. The van der Waals surface area contributed by atoms with Gasteiger partial charge in [-0.25, -0.2) is 24.0 Å². The maximum absolute atomic E-state index is 13.3. The largest absolute Gasteiger partial charge is 0.494 e. The maximum atomic E-state index is 13.3. The minimum atomic E-state index is -0.797. The predicted octanol–water partition coefficient (Wildman–Crippen LogP) is 12.4. The second-order valence-corrected chi connectivity index (χ2v) is 17.3. The van der Waals surface area contributed by atoms with Crippen LogP contribution in [0.2, 0.25) is 0 Å². The summed E-state index contributed by atoms with van der Waals surface area (Å²) >= 11 is 0. The van der Waals surface area contributed by atoms with Gasteiger partial charge in [0.05, 0.1) is 44.7 Å². The van der Waals surface area contributed by atoms with Gasteiger partial charge in [0.25, 0.3) is 0 Å². The normalized spacial score (nSPS) is 10.4. The molecule has 76 heavy (non-hydrogen) atoms. The van der Waals surface area contributed by atoms with Crippen molar-refractivity contribution in [3.8, 4) is 46.7 Å². The highest BCUT2D eigenvalue weighted by Gasteiger charge is 2.20. The highest BCUT2D eigenvalue weighted by atomic mass is 16.6. The van der Waals surface area contributed by atoms with Gasteiger partial charge in [-0.1, -0.05) is 61.1 Å². The topological polar surface area (TPSA) is 150 Å². The molecule has 0 aliphatic rings. The Bertz CT molecular complexity index is 3350. The lowest BCUT2D eigenvalue weighted by Gasteiger charge is -2.11. The van der Waals surface area contributed by atoms with Crippen LogP contribution < -0.4 is 18.9 Å². The number of hydrogen-bond acceptors (Lipinski definition) is 12. The molecule has 0 aliphatic carbocycles. The average molecular weight is 1020 g/mol. The van der Waals surface area contributed by atoms with Crippen molar-refractivity contribution in [2.75, 3.05) is 33.5 Å². The van der Waals surface area contributed by atoms with Crippen LogP contribution in [0.4, 0.5) is 0 Å². The molecule has 0 spiro atoms. The van der Waals surface area contributed by atoms with Gasteiger partial charge in [-0.2, -0.15) is 0 Å². The van der Waals surface area contributed by atoms with Crippen molar-refractivity contribution in [2.45, 2.75) is 51.4 Å². The Hall–Kier alpha value is -9.39. The van der Waals surface area contributed by atoms with Crippen LogP contribution in [0.25, 0.3) is 21.5 Å². The summed E-state index contributed by atoms with van der Waals surface area (Å²) < 4.78 is 38.1. The predicted molar refractivity (Wildman–Crippen MR) is 291 cm³/mol. The van der Waals surface area contributed by atoms with E-state index < -0.39 is 29.8 Å². The molecule has 0 N–H and O–H groups in total. The van der Waals surface area contributed by atoms with Gasteiger partial charge in [0.15, 0.2) is 0 Å². The van der Waals surface area contributed by atoms with Crippen molar-refractivity contribution < 1.29 is 57.1 Å². The number of esters is 5. The zero-order valence-electron chi connectivity index (χ0n) is 42.2. The zero-order chi connectivity index (χ0) is 53.5. The second kappa shape index (κ2) is 28.2. The molecule has 0 saturated carbocycles. The van der Waals surface area contributed by atoms with Crippen LogP contribution in [0.5, 0.6) is 23.0 Å². The molecule has 0 unspecified atom stereocenters. The summed E-state index contributed by atoms with van der Waals surface area (Å²) in [5.41, 5.74) is 3.36. The summed E-state index contributed by atoms with van der Waals surface area (Å²) in [6.45, 7) is 8.76. The van der Waals surface area contributed by atoms with Crippen molar-refractivity contribution >= 4 is 51.4 Å². The van der Waals surface area contributed by atoms with Gasteiger partial charge in [-0.05, 0) is 188 Å². The first-order valence-electron chi connectivity index (χ1n) is 24.9. The number of methoxy groups -OCH3 is 1. The third kappa shape index (κ3) is 16.6. The molecule has 0 saturated heterocycles. The first-order valence-corrected chi connectivity index (χ1v) is 24.9. The van der Waals surface area contributed by atoms with Crippen LogP contribution in [0, 0.1) is 23.7 Å². The van der Waals surface area contributed by atoms with Crippen LogP contribution in [0.3, 0.4) is 0 Å². The highest BCUT2D eigenvalue weighted by Crippen LogP contribution is 2.28. The molecule has 7 rings (SSSR count). The van der Waals surface area contributed by atoms with Crippen molar-refractivity contribution in [2.24, 2.45) is 0 Å². The van der Waals surface area contributed by atoms with E-state index in [0.717, 1.165) is 95.5 Å². The fourth-order valence-corrected chi connectivity index (χ4v) is 7.67. The first kappa shape index (κ1) is 54.4. The molecule has 0 fully saturated rings. The standard InChI is InChI=1S/C64H56O12/c1-4-60(65)73-38-12-8-6-10-36-71-55-32-30-51-40-47(22-28-53(51)42-55)16-14-45-18-24-49(25-19-45)62(67)75-57-34-35-59(58(44-57)64(69)70-3)76-63(68)50-26-20-46(21-27-50)15-17-48-23-29-54-43-56(33-31-52(54)41-48)72-37-11-7-9-13-39-74-61(66)5-2/h4-5,18-35,40-44H,1-2,6-13,36-39H2,3H3. The first-order chi connectivity index (χ1) is 37.1. The van der Waals surface area contributed by atoms with E-state index >= 15 is 0 Å². The van der Waals surface area contributed by atoms with E-state index in [9.17, 15) is 24.0 Å². The molecule has 0 bridgehead atoms. The van der Waals surface area contributed by atoms with E-state index in [4.69, 9.17) is 33.2 Å². The van der Waals surface area contributed by atoms with Gasteiger partial charge >= 0.3 is 29.8 Å². The lowest BCUT2D eigenvalue weighted by Crippen LogP contribution is -2.13. The second-order valence-electron chi connectivity index (χ2n) is 17.3. The number of fused-ring (bicyclic) bond motifs is 2. The molecule has 0 atom stereocenters. The summed E-state index contributed by atoms with van der Waals surface area (Å²) in [5, 5.41) is 4.08. The number of hydrogen-bond donors (Lipinski definition) is 0. The van der Waals surface area contributed by atoms with Crippen LogP contribution >= 0.6 is 0 Å². The quantitative estimate of drug-likeness (QED) is 0.0150. The Morgan fingerprint density at radius 3 is 1.26 bits per heavy atom. The van der Waals surface area contributed by atoms with Gasteiger partial charge in [0, 0.05) is 34.4 Å². The molecule has 0 heterocycles. The van der Waals surface area contributed by atoms with Crippen molar-refractivity contribution in [1.29, 1.82) is 0 Å². The number of carbonyl (C=O) groups excluding carboxylic acids is 5. The average Bonchev–Trinajstić information content (AvgIpc) is 3.46. The zero-order valence-corrected chi connectivity index (χ0v) is 42.2. The van der Waals surface area contributed by atoms with E-state index in [-0.39, 0.29) is 28.2 Å². The SMILES string of the molecule is C=CC(=O)OCCCCCCOc1ccc2cc(C#Cc3ccc(C(=O)Oc4ccc(OC(=O)c5ccc(C#Cc6ccc7cc(OCCCCCCOC(=O)C=C)ccc7c6)cc5)c(C(=O)OC)c4)cc3)ccc2c1. The molecule has 0 aliphatic heterocycles. The minimum Gasteiger partial charge on any atom is -0.494 e. The lowest BCUT2D eigenvalue weighted by molar-refractivity contribution is -0.138. The lowest BCUT2D eigenvalue weighted by atomic mass is 10.1. The van der Waals surface area contributed by atoms with Crippen LogP contribution in [-0.2, 0) is 23.8 Å². The van der Waals surface area contributed by atoms with E-state index in [1.807, 2.05) is 72.8 Å². The van der Waals surface area contributed by atoms with E-state index in [2.05, 4.69) is 36.8 Å².